The first-order valence-electron chi connectivity index (χ1n) is 5.69. The summed E-state index contributed by atoms with van der Waals surface area (Å²) in [6, 6.07) is 0. The number of amides is 1. The number of nitrogens with one attached hydrogen (secondary N) is 1. The topological polar surface area (TPSA) is 75.6 Å². The zero-order valence-electron chi connectivity index (χ0n) is 10.4. The molecule has 0 saturated carbocycles. The fraction of sp³-hybridized carbons (Fsp3) is 0.667. The molecular weight excluding hydrogens is 222 g/mol. The van der Waals surface area contributed by atoms with Gasteiger partial charge in [0.25, 0.3) is 0 Å². The minimum absolute atomic E-state index is 0.0476. The number of hydrogen-bond acceptors (Lipinski definition) is 3. The van der Waals surface area contributed by atoms with Gasteiger partial charge in [-0.3, -0.25) is 9.59 Å². The third kappa shape index (κ3) is 8.45. The van der Waals surface area contributed by atoms with E-state index < -0.39 is 12.1 Å². The molecule has 0 saturated heterocycles. The Morgan fingerprint density at radius 3 is 2.65 bits per heavy atom. The molecular formula is C12H21NO4. The normalized spacial score (nSPS) is 13.8. The van der Waals surface area contributed by atoms with Crippen molar-refractivity contribution in [3.05, 3.63) is 12.7 Å². The summed E-state index contributed by atoms with van der Waals surface area (Å²) in [7, 11) is 0. The molecule has 1 amide bonds. The second-order valence-electron chi connectivity index (χ2n) is 4.04. The van der Waals surface area contributed by atoms with E-state index in [0.29, 0.717) is 19.6 Å². The first kappa shape index (κ1) is 15.6. The molecule has 0 radical (unpaired) electrons. The summed E-state index contributed by atoms with van der Waals surface area (Å²) >= 11 is 0. The zero-order chi connectivity index (χ0) is 13.3. The molecule has 2 unspecified atom stereocenters. The van der Waals surface area contributed by atoms with E-state index >= 15 is 0 Å². The van der Waals surface area contributed by atoms with Crippen LogP contribution in [0.2, 0.25) is 0 Å². The van der Waals surface area contributed by atoms with Gasteiger partial charge in [-0.05, 0) is 19.3 Å². The SMILES string of the molecule is C=CCCOC(C)C(=O)NCC(C)CC(=O)O. The number of ether oxygens (including phenoxy) is 1. The molecule has 0 aromatic heterocycles. The van der Waals surface area contributed by atoms with Gasteiger partial charge in [-0.2, -0.15) is 0 Å². The third-order valence-electron chi connectivity index (χ3n) is 2.21. The fourth-order valence-corrected chi connectivity index (χ4v) is 1.19. The summed E-state index contributed by atoms with van der Waals surface area (Å²) in [6.45, 7) is 7.80. The van der Waals surface area contributed by atoms with Gasteiger partial charge in [-0.1, -0.05) is 13.0 Å². The molecule has 0 aliphatic heterocycles. The van der Waals surface area contributed by atoms with Crippen molar-refractivity contribution in [2.24, 2.45) is 5.92 Å². The number of hydrogen-bond donors (Lipinski definition) is 2. The van der Waals surface area contributed by atoms with E-state index in [1.165, 1.54) is 0 Å². The Hall–Kier alpha value is -1.36. The van der Waals surface area contributed by atoms with Crippen molar-refractivity contribution in [3.63, 3.8) is 0 Å². The number of carbonyl (C=O) groups excluding carboxylic acids is 1. The van der Waals surface area contributed by atoms with E-state index in [0.717, 1.165) is 0 Å². The second-order valence-corrected chi connectivity index (χ2v) is 4.04. The highest BCUT2D eigenvalue weighted by atomic mass is 16.5. The Labute approximate surface area is 102 Å². The maximum Gasteiger partial charge on any atom is 0.303 e. The summed E-state index contributed by atoms with van der Waals surface area (Å²) in [5.41, 5.74) is 0. The molecule has 5 nitrogen and oxygen atoms in total. The Balaban J connectivity index is 3.76. The summed E-state index contributed by atoms with van der Waals surface area (Å²) in [4.78, 5) is 21.9. The molecule has 0 fully saturated rings. The predicted molar refractivity (Wildman–Crippen MR) is 64.7 cm³/mol. The van der Waals surface area contributed by atoms with E-state index in [1.54, 1.807) is 19.9 Å². The molecule has 0 aromatic carbocycles. The number of carboxylic acids is 1. The molecule has 17 heavy (non-hydrogen) atoms. The lowest BCUT2D eigenvalue weighted by Gasteiger charge is -2.15. The minimum atomic E-state index is -0.859. The molecule has 98 valence electrons. The molecule has 0 heterocycles. The number of rotatable bonds is 9. The third-order valence-corrected chi connectivity index (χ3v) is 2.21. The Morgan fingerprint density at radius 2 is 2.12 bits per heavy atom. The van der Waals surface area contributed by atoms with Gasteiger partial charge in [0, 0.05) is 13.0 Å². The molecule has 5 heteroatoms. The quantitative estimate of drug-likeness (QED) is 0.471. The van der Waals surface area contributed by atoms with Crippen molar-refractivity contribution in [1.29, 1.82) is 0 Å². The molecule has 0 bridgehead atoms. The van der Waals surface area contributed by atoms with Gasteiger partial charge in [-0.25, -0.2) is 0 Å². The van der Waals surface area contributed by atoms with Gasteiger partial charge in [-0.15, -0.1) is 6.58 Å². The van der Waals surface area contributed by atoms with Gasteiger partial charge in [0.05, 0.1) is 6.61 Å². The van der Waals surface area contributed by atoms with Gasteiger partial charge in [0.1, 0.15) is 6.10 Å². The summed E-state index contributed by atoms with van der Waals surface area (Å²) in [6.07, 6.45) is 1.95. The van der Waals surface area contributed by atoms with Gasteiger partial charge >= 0.3 is 5.97 Å². The molecule has 0 aliphatic rings. The Bertz CT molecular complexity index is 265. The van der Waals surface area contributed by atoms with Crippen LogP contribution in [0.15, 0.2) is 12.7 Å². The molecule has 0 rings (SSSR count). The monoisotopic (exact) mass is 243 g/mol. The standard InChI is InChI=1S/C12H21NO4/c1-4-5-6-17-10(3)12(16)13-8-9(2)7-11(14)15/h4,9-10H,1,5-8H2,2-3H3,(H,13,16)(H,14,15). The van der Waals surface area contributed by atoms with Crippen molar-refractivity contribution in [1.82, 2.24) is 5.32 Å². The smallest absolute Gasteiger partial charge is 0.303 e. The predicted octanol–water partition coefficient (Wildman–Crippen LogP) is 1.19. The van der Waals surface area contributed by atoms with Crippen molar-refractivity contribution in [2.45, 2.75) is 32.8 Å². The summed E-state index contributed by atoms with van der Waals surface area (Å²) in [5, 5.41) is 11.2. The van der Waals surface area contributed by atoms with Crippen LogP contribution >= 0.6 is 0 Å². The lowest BCUT2D eigenvalue weighted by atomic mass is 10.1. The van der Waals surface area contributed by atoms with Crippen LogP contribution in [-0.2, 0) is 14.3 Å². The number of carbonyl (C=O) groups is 2. The number of carboxylic acid groups (broad SMARTS) is 1. The van der Waals surface area contributed by atoms with Crippen LogP contribution in [0.5, 0.6) is 0 Å². The lowest BCUT2D eigenvalue weighted by Crippen LogP contribution is -2.37. The molecule has 0 spiro atoms. The average molecular weight is 243 g/mol. The van der Waals surface area contributed by atoms with E-state index in [2.05, 4.69) is 11.9 Å². The van der Waals surface area contributed by atoms with Crippen molar-refractivity contribution >= 4 is 11.9 Å². The van der Waals surface area contributed by atoms with Gasteiger partial charge < -0.3 is 15.2 Å². The maximum atomic E-state index is 11.5. The van der Waals surface area contributed by atoms with Crippen molar-refractivity contribution < 1.29 is 19.4 Å². The fourth-order valence-electron chi connectivity index (χ4n) is 1.19. The minimum Gasteiger partial charge on any atom is -0.481 e. The van der Waals surface area contributed by atoms with E-state index in [9.17, 15) is 9.59 Å². The zero-order valence-corrected chi connectivity index (χ0v) is 10.4. The average Bonchev–Trinajstić information content (AvgIpc) is 2.25. The van der Waals surface area contributed by atoms with Gasteiger partial charge in [0.2, 0.25) is 5.91 Å². The van der Waals surface area contributed by atoms with E-state index in [-0.39, 0.29) is 18.2 Å². The van der Waals surface area contributed by atoms with Crippen LogP contribution in [0.4, 0.5) is 0 Å². The van der Waals surface area contributed by atoms with Crippen LogP contribution in [-0.4, -0.2) is 36.2 Å². The highest BCUT2D eigenvalue weighted by Gasteiger charge is 2.14. The summed E-state index contributed by atoms with van der Waals surface area (Å²) < 4.78 is 5.26. The maximum absolute atomic E-state index is 11.5. The largest absolute Gasteiger partial charge is 0.481 e. The van der Waals surface area contributed by atoms with Gasteiger partial charge in [0.15, 0.2) is 0 Å². The van der Waals surface area contributed by atoms with E-state index in [4.69, 9.17) is 9.84 Å². The lowest BCUT2D eigenvalue weighted by molar-refractivity contribution is -0.138. The van der Waals surface area contributed by atoms with E-state index in [1.807, 2.05) is 0 Å². The molecule has 2 N–H and O–H groups in total. The molecule has 0 aliphatic carbocycles. The van der Waals surface area contributed by atoms with Crippen LogP contribution in [0.25, 0.3) is 0 Å². The van der Waals surface area contributed by atoms with Crippen LogP contribution < -0.4 is 5.32 Å². The molecule has 2 atom stereocenters. The Morgan fingerprint density at radius 1 is 1.47 bits per heavy atom. The van der Waals surface area contributed by atoms with Crippen LogP contribution in [0.1, 0.15) is 26.7 Å². The first-order chi connectivity index (χ1) is 7.97. The first-order valence-corrected chi connectivity index (χ1v) is 5.69. The second kappa shape index (κ2) is 8.75. The Kier molecular flexibility index (Phi) is 8.05. The summed E-state index contributed by atoms with van der Waals surface area (Å²) in [5.74, 6) is -1.16. The molecule has 0 aromatic rings. The number of aliphatic carboxylic acids is 1. The van der Waals surface area contributed by atoms with Crippen LogP contribution in [0.3, 0.4) is 0 Å². The van der Waals surface area contributed by atoms with Crippen molar-refractivity contribution in [2.75, 3.05) is 13.2 Å². The highest BCUT2D eigenvalue weighted by molar-refractivity contribution is 5.80. The van der Waals surface area contributed by atoms with Crippen molar-refractivity contribution in [3.8, 4) is 0 Å². The van der Waals surface area contributed by atoms with Crippen LogP contribution in [0, 0.1) is 5.92 Å². The highest BCUT2D eigenvalue weighted by Crippen LogP contribution is 2.00.